The highest BCUT2D eigenvalue weighted by molar-refractivity contribution is 5.94. The van der Waals surface area contributed by atoms with Crippen LogP contribution in [0.3, 0.4) is 0 Å². The molecule has 6 nitrogen and oxygen atoms in total. The van der Waals surface area contributed by atoms with Crippen molar-refractivity contribution in [3.8, 4) is 5.75 Å². The first-order valence-electron chi connectivity index (χ1n) is 5.50. The molecule has 0 aliphatic carbocycles. The molecule has 92 valence electrons. The maximum absolute atomic E-state index is 11.7. The zero-order valence-electron chi connectivity index (χ0n) is 9.35. The van der Waals surface area contributed by atoms with Gasteiger partial charge in [0.15, 0.2) is 5.69 Å². The third kappa shape index (κ3) is 3.15. The van der Waals surface area contributed by atoms with Crippen LogP contribution in [0.25, 0.3) is 0 Å². The van der Waals surface area contributed by atoms with Gasteiger partial charge in [0.1, 0.15) is 5.75 Å². The Morgan fingerprint density at radius 3 is 3.29 bits per heavy atom. The molecule has 0 bridgehead atoms. The van der Waals surface area contributed by atoms with E-state index in [0.717, 1.165) is 6.54 Å². The van der Waals surface area contributed by atoms with Crippen molar-refractivity contribution < 1.29 is 14.6 Å². The van der Waals surface area contributed by atoms with Gasteiger partial charge < -0.3 is 20.5 Å². The zero-order chi connectivity index (χ0) is 12.1. The van der Waals surface area contributed by atoms with Gasteiger partial charge in [0, 0.05) is 25.3 Å². The average Bonchev–Trinajstić information content (AvgIpc) is 2.38. The quantitative estimate of drug-likeness (QED) is 0.660. The molecule has 0 radical (unpaired) electrons. The average molecular weight is 237 g/mol. The van der Waals surface area contributed by atoms with E-state index in [9.17, 15) is 9.90 Å². The first-order valence-corrected chi connectivity index (χ1v) is 5.50. The minimum Gasteiger partial charge on any atom is -0.505 e. The Bertz CT molecular complexity index is 391. The third-order valence-corrected chi connectivity index (χ3v) is 2.51. The Morgan fingerprint density at radius 2 is 2.59 bits per heavy atom. The summed E-state index contributed by atoms with van der Waals surface area (Å²) in [5, 5.41) is 15.4. The maximum atomic E-state index is 11.7. The largest absolute Gasteiger partial charge is 0.505 e. The fraction of sp³-hybridized carbons (Fsp3) is 0.455. The van der Waals surface area contributed by atoms with Gasteiger partial charge in [-0.15, -0.1) is 0 Å². The molecule has 0 saturated carbocycles. The number of hydrogen-bond acceptors (Lipinski definition) is 5. The van der Waals surface area contributed by atoms with E-state index in [1.807, 2.05) is 0 Å². The normalized spacial score (nSPS) is 19.9. The van der Waals surface area contributed by atoms with Crippen LogP contribution < -0.4 is 10.6 Å². The lowest BCUT2D eigenvalue weighted by atomic mass is 10.2. The number of carbonyl (C=O) groups is 1. The molecule has 1 amide bonds. The summed E-state index contributed by atoms with van der Waals surface area (Å²) in [5.41, 5.74) is 0.0456. The fourth-order valence-electron chi connectivity index (χ4n) is 1.62. The van der Waals surface area contributed by atoms with Gasteiger partial charge in [0.05, 0.1) is 13.2 Å². The second-order valence-electron chi connectivity index (χ2n) is 3.81. The van der Waals surface area contributed by atoms with Crippen molar-refractivity contribution in [1.82, 2.24) is 15.6 Å². The first kappa shape index (κ1) is 11.8. The predicted octanol–water partition coefficient (Wildman–Crippen LogP) is -0.495. The summed E-state index contributed by atoms with van der Waals surface area (Å²) in [6.45, 7) is 2.52. The molecule has 1 aliphatic heterocycles. The number of amides is 1. The number of hydrogen-bond donors (Lipinski definition) is 3. The summed E-state index contributed by atoms with van der Waals surface area (Å²) in [6.07, 6.45) is 1.47. The van der Waals surface area contributed by atoms with Gasteiger partial charge in [-0.1, -0.05) is 0 Å². The number of morpholine rings is 1. The van der Waals surface area contributed by atoms with Gasteiger partial charge in [-0.05, 0) is 12.1 Å². The van der Waals surface area contributed by atoms with Gasteiger partial charge in [-0.3, -0.25) is 4.79 Å². The van der Waals surface area contributed by atoms with E-state index in [1.165, 1.54) is 12.3 Å². The van der Waals surface area contributed by atoms with Crippen molar-refractivity contribution in [3.05, 3.63) is 24.0 Å². The second kappa shape index (κ2) is 5.60. The molecule has 1 atom stereocenters. The molecule has 3 N–H and O–H groups in total. The summed E-state index contributed by atoms with van der Waals surface area (Å²) in [4.78, 5) is 15.5. The van der Waals surface area contributed by atoms with E-state index < -0.39 is 0 Å². The van der Waals surface area contributed by atoms with E-state index in [4.69, 9.17) is 4.74 Å². The van der Waals surface area contributed by atoms with Crippen LogP contribution in [-0.2, 0) is 4.74 Å². The van der Waals surface area contributed by atoms with Crippen LogP contribution in [-0.4, -0.2) is 48.3 Å². The Balaban J connectivity index is 1.87. The number of aromatic nitrogens is 1. The van der Waals surface area contributed by atoms with Crippen molar-refractivity contribution in [2.75, 3.05) is 26.3 Å². The van der Waals surface area contributed by atoms with E-state index in [0.29, 0.717) is 19.8 Å². The molecule has 1 aromatic heterocycles. The molecule has 1 unspecified atom stereocenters. The van der Waals surface area contributed by atoms with Crippen LogP contribution in [0, 0.1) is 0 Å². The molecule has 1 fully saturated rings. The molecule has 1 aliphatic rings. The number of rotatable bonds is 3. The molecule has 0 spiro atoms. The second-order valence-corrected chi connectivity index (χ2v) is 3.81. The van der Waals surface area contributed by atoms with Crippen molar-refractivity contribution in [2.24, 2.45) is 0 Å². The SMILES string of the molecule is O=C(NCC1COCCN1)c1ncccc1O. The Hall–Kier alpha value is -1.66. The highest BCUT2D eigenvalue weighted by Gasteiger charge is 2.16. The molecule has 2 heterocycles. The smallest absolute Gasteiger partial charge is 0.273 e. The number of ether oxygens (including phenoxy) is 1. The van der Waals surface area contributed by atoms with Gasteiger partial charge in [-0.2, -0.15) is 0 Å². The number of aromatic hydroxyl groups is 1. The Morgan fingerprint density at radius 1 is 1.71 bits per heavy atom. The minimum absolute atomic E-state index is 0.0456. The molecule has 17 heavy (non-hydrogen) atoms. The van der Waals surface area contributed by atoms with E-state index in [-0.39, 0.29) is 23.4 Å². The molecule has 6 heteroatoms. The fourth-order valence-corrected chi connectivity index (χ4v) is 1.62. The van der Waals surface area contributed by atoms with E-state index >= 15 is 0 Å². The predicted molar refractivity (Wildman–Crippen MR) is 60.8 cm³/mol. The standard InChI is InChI=1S/C11H15N3O3/c15-9-2-1-3-13-10(9)11(16)14-6-8-7-17-5-4-12-8/h1-3,8,12,15H,4-7H2,(H,14,16). The van der Waals surface area contributed by atoms with Crippen LogP contribution in [0.5, 0.6) is 5.75 Å². The monoisotopic (exact) mass is 237 g/mol. The summed E-state index contributed by atoms with van der Waals surface area (Å²) >= 11 is 0. The number of nitrogens with one attached hydrogen (secondary N) is 2. The zero-order valence-corrected chi connectivity index (χ0v) is 9.35. The van der Waals surface area contributed by atoms with Crippen molar-refractivity contribution in [1.29, 1.82) is 0 Å². The molecular formula is C11H15N3O3. The van der Waals surface area contributed by atoms with Crippen molar-refractivity contribution >= 4 is 5.91 Å². The Kier molecular flexibility index (Phi) is 3.89. The van der Waals surface area contributed by atoms with Gasteiger partial charge in [0.25, 0.3) is 5.91 Å². The van der Waals surface area contributed by atoms with Gasteiger partial charge >= 0.3 is 0 Å². The van der Waals surface area contributed by atoms with Crippen molar-refractivity contribution in [2.45, 2.75) is 6.04 Å². The van der Waals surface area contributed by atoms with Crippen molar-refractivity contribution in [3.63, 3.8) is 0 Å². The highest BCUT2D eigenvalue weighted by Crippen LogP contribution is 2.11. The lowest BCUT2D eigenvalue weighted by Crippen LogP contribution is -2.48. The number of nitrogens with zero attached hydrogens (tertiary/aromatic N) is 1. The van der Waals surface area contributed by atoms with Crippen LogP contribution in [0.2, 0.25) is 0 Å². The number of carbonyl (C=O) groups excluding carboxylic acids is 1. The molecule has 0 aromatic carbocycles. The van der Waals surface area contributed by atoms with Crippen LogP contribution >= 0.6 is 0 Å². The topological polar surface area (TPSA) is 83.5 Å². The molecular weight excluding hydrogens is 222 g/mol. The van der Waals surface area contributed by atoms with Crippen LogP contribution in [0.1, 0.15) is 10.5 Å². The first-order chi connectivity index (χ1) is 8.27. The summed E-state index contributed by atoms with van der Waals surface area (Å²) in [6, 6.07) is 3.12. The molecule has 2 rings (SSSR count). The summed E-state index contributed by atoms with van der Waals surface area (Å²) < 4.78 is 5.27. The minimum atomic E-state index is -0.379. The summed E-state index contributed by atoms with van der Waals surface area (Å²) in [7, 11) is 0. The maximum Gasteiger partial charge on any atom is 0.273 e. The molecule has 1 aromatic rings. The summed E-state index contributed by atoms with van der Waals surface area (Å²) in [5.74, 6) is -0.492. The van der Waals surface area contributed by atoms with Crippen LogP contribution in [0.15, 0.2) is 18.3 Å². The highest BCUT2D eigenvalue weighted by atomic mass is 16.5. The lowest BCUT2D eigenvalue weighted by molar-refractivity contribution is 0.0733. The molecule has 1 saturated heterocycles. The van der Waals surface area contributed by atoms with E-state index in [1.54, 1.807) is 6.07 Å². The third-order valence-electron chi connectivity index (χ3n) is 2.51. The van der Waals surface area contributed by atoms with Gasteiger partial charge in [-0.25, -0.2) is 4.98 Å². The van der Waals surface area contributed by atoms with E-state index in [2.05, 4.69) is 15.6 Å². The van der Waals surface area contributed by atoms with Gasteiger partial charge in [0.2, 0.25) is 0 Å². The number of pyridine rings is 1. The van der Waals surface area contributed by atoms with Crippen LogP contribution in [0.4, 0.5) is 0 Å². The lowest BCUT2D eigenvalue weighted by Gasteiger charge is -2.23. The Labute approximate surface area is 99.0 Å².